The van der Waals surface area contributed by atoms with E-state index in [4.69, 9.17) is 23.2 Å². The van der Waals surface area contributed by atoms with Gasteiger partial charge >= 0.3 is 0 Å². The van der Waals surface area contributed by atoms with Gasteiger partial charge in [0.05, 0.1) is 15.7 Å². The van der Waals surface area contributed by atoms with Crippen LogP contribution in [0.15, 0.2) is 42.6 Å². The van der Waals surface area contributed by atoms with Crippen LogP contribution in [-0.4, -0.2) is 36.1 Å². The fourth-order valence-corrected chi connectivity index (χ4v) is 4.42. The van der Waals surface area contributed by atoms with Crippen molar-refractivity contribution in [2.75, 3.05) is 36.8 Å². The Bertz CT molecular complexity index is 1040. The number of anilines is 3. The minimum absolute atomic E-state index is 0.0696. The molecular formula is C24H27Cl2FN4. The van der Waals surface area contributed by atoms with E-state index in [1.54, 1.807) is 18.3 Å². The van der Waals surface area contributed by atoms with Crippen LogP contribution in [0.1, 0.15) is 32.1 Å². The first kappa shape index (κ1) is 22.1. The largest absolute Gasteiger partial charge is 0.384 e. The fourth-order valence-electron chi connectivity index (χ4n) is 4.01. The number of hydrogen-bond donors (Lipinski definition) is 2. The second kappa shape index (κ2) is 10.5. The predicted molar refractivity (Wildman–Crippen MR) is 129 cm³/mol. The zero-order chi connectivity index (χ0) is 21.6. The predicted octanol–water partition coefficient (Wildman–Crippen LogP) is 7.10. The maximum Gasteiger partial charge on any atom is 0.141 e. The lowest BCUT2D eigenvalue weighted by Crippen LogP contribution is -2.30. The smallest absolute Gasteiger partial charge is 0.141 e. The summed E-state index contributed by atoms with van der Waals surface area (Å²) >= 11 is 12.4. The van der Waals surface area contributed by atoms with Gasteiger partial charge in [-0.25, -0.2) is 9.37 Å². The van der Waals surface area contributed by atoms with Crippen molar-refractivity contribution in [1.29, 1.82) is 0 Å². The van der Waals surface area contributed by atoms with Gasteiger partial charge in [0.1, 0.15) is 11.6 Å². The highest BCUT2D eigenvalue weighted by Crippen LogP contribution is 2.33. The van der Waals surface area contributed by atoms with Crippen LogP contribution in [0.2, 0.25) is 10.0 Å². The van der Waals surface area contributed by atoms with E-state index in [9.17, 15) is 4.39 Å². The molecule has 1 aliphatic heterocycles. The summed E-state index contributed by atoms with van der Waals surface area (Å²) in [6.45, 7) is 4.53. The molecule has 164 valence electrons. The van der Waals surface area contributed by atoms with Gasteiger partial charge in [-0.1, -0.05) is 29.6 Å². The number of hydrogen-bond acceptors (Lipinski definition) is 4. The highest BCUT2D eigenvalue weighted by molar-refractivity contribution is 6.34. The molecule has 0 atom stereocenters. The van der Waals surface area contributed by atoms with Crippen molar-refractivity contribution in [3.05, 3.63) is 58.5 Å². The first-order valence-electron chi connectivity index (χ1n) is 10.9. The van der Waals surface area contributed by atoms with Gasteiger partial charge in [-0.3, -0.25) is 0 Å². The molecule has 0 saturated carbocycles. The highest BCUT2D eigenvalue weighted by atomic mass is 35.5. The molecule has 7 heteroatoms. The summed E-state index contributed by atoms with van der Waals surface area (Å²) in [6.07, 6.45) is 8.03. The summed E-state index contributed by atoms with van der Waals surface area (Å²) in [5.41, 5.74) is 1.56. The van der Waals surface area contributed by atoms with Crippen LogP contribution in [0.25, 0.3) is 10.8 Å². The van der Waals surface area contributed by atoms with Crippen LogP contribution >= 0.6 is 23.2 Å². The van der Waals surface area contributed by atoms with E-state index in [1.165, 1.54) is 51.4 Å². The monoisotopic (exact) mass is 460 g/mol. The van der Waals surface area contributed by atoms with Crippen molar-refractivity contribution in [2.24, 2.45) is 0 Å². The Morgan fingerprint density at radius 3 is 2.61 bits per heavy atom. The third-order valence-corrected chi connectivity index (χ3v) is 6.30. The lowest BCUT2D eigenvalue weighted by Gasteiger charge is -2.26. The van der Waals surface area contributed by atoms with Gasteiger partial charge in [0.25, 0.3) is 0 Å². The van der Waals surface area contributed by atoms with Crippen LogP contribution in [0.5, 0.6) is 0 Å². The van der Waals surface area contributed by atoms with Gasteiger partial charge in [0.15, 0.2) is 0 Å². The van der Waals surface area contributed by atoms with Crippen LogP contribution in [0, 0.1) is 5.82 Å². The van der Waals surface area contributed by atoms with Crippen molar-refractivity contribution in [2.45, 2.75) is 32.1 Å². The summed E-state index contributed by atoms with van der Waals surface area (Å²) in [6, 6.07) is 10.4. The number of halogens is 3. The molecule has 0 aliphatic carbocycles. The van der Waals surface area contributed by atoms with Crippen molar-refractivity contribution >= 4 is 51.2 Å². The molecule has 1 aliphatic rings. The number of nitrogens with one attached hydrogen (secondary N) is 2. The van der Waals surface area contributed by atoms with Gasteiger partial charge < -0.3 is 15.5 Å². The summed E-state index contributed by atoms with van der Waals surface area (Å²) < 4.78 is 13.5. The quantitative estimate of drug-likeness (QED) is 0.351. The minimum atomic E-state index is -0.448. The molecular weight excluding hydrogens is 434 g/mol. The molecule has 1 fully saturated rings. The fraction of sp³-hybridized carbons (Fsp3) is 0.375. The number of pyridine rings is 1. The molecule has 2 aromatic carbocycles. The summed E-state index contributed by atoms with van der Waals surface area (Å²) in [5, 5.41) is 9.38. The van der Waals surface area contributed by atoms with E-state index in [2.05, 4.69) is 20.5 Å². The van der Waals surface area contributed by atoms with E-state index in [-0.39, 0.29) is 5.02 Å². The normalized spacial score (nSPS) is 14.7. The number of piperidine rings is 1. The zero-order valence-electron chi connectivity index (χ0n) is 17.4. The number of fused-ring (bicyclic) bond motifs is 1. The van der Waals surface area contributed by atoms with Crippen molar-refractivity contribution in [3.8, 4) is 0 Å². The molecule has 0 bridgehead atoms. The van der Waals surface area contributed by atoms with E-state index in [1.807, 2.05) is 18.2 Å². The Labute approximate surface area is 192 Å². The maximum absolute atomic E-state index is 13.5. The van der Waals surface area contributed by atoms with Gasteiger partial charge in [-0.2, -0.15) is 0 Å². The first-order valence-corrected chi connectivity index (χ1v) is 11.6. The van der Waals surface area contributed by atoms with E-state index in [0.717, 1.165) is 29.4 Å². The molecule has 0 amide bonds. The van der Waals surface area contributed by atoms with Gasteiger partial charge in [0, 0.05) is 23.8 Å². The third-order valence-electron chi connectivity index (χ3n) is 5.70. The molecule has 1 aromatic heterocycles. The topological polar surface area (TPSA) is 40.2 Å². The molecule has 3 aromatic rings. The molecule has 2 heterocycles. The molecule has 4 nitrogen and oxygen atoms in total. The average Bonchev–Trinajstić information content (AvgIpc) is 2.77. The van der Waals surface area contributed by atoms with Crippen LogP contribution < -0.4 is 10.6 Å². The number of aromatic nitrogens is 1. The Hall–Kier alpha value is -2.08. The first-order chi connectivity index (χ1) is 15.1. The van der Waals surface area contributed by atoms with Crippen LogP contribution in [-0.2, 0) is 0 Å². The standard InChI is InChI=1S/C24H27Cl2FN4/c25-20-15-18(6-7-22(20)27)30-24-19-16-23(21(26)14-17(19)8-10-29-24)28-9-2-5-13-31-11-3-1-4-12-31/h6-8,10,14-16,28H,1-5,9,11-13H2,(H,29,30). The number of nitrogens with zero attached hydrogens (tertiary/aromatic N) is 2. The lowest BCUT2D eigenvalue weighted by molar-refractivity contribution is 0.225. The Morgan fingerprint density at radius 2 is 1.81 bits per heavy atom. The second-order valence-electron chi connectivity index (χ2n) is 8.00. The highest BCUT2D eigenvalue weighted by Gasteiger charge is 2.11. The zero-order valence-corrected chi connectivity index (χ0v) is 18.9. The maximum atomic E-state index is 13.5. The number of unbranched alkanes of at least 4 members (excludes halogenated alkanes) is 1. The second-order valence-corrected chi connectivity index (χ2v) is 8.82. The van der Waals surface area contributed by atoms with Crippen LogP contribution in [0.3, 0.4) is 0 Å². The molecule has 2 N–H and O–H groups in total. The Kier molecular flexibility index (Phi) is 7.49. The number of benzene rings is 2. The minimum Gasteiger partial charge on any atom is -0.384 e. The Balaban J connectivity index is 1.42. The molecule has 0 radical (unpaired) electrons. The summed E-state index contributed by atoms with van der Waals surface area (Å²) in [5.74, 6) is 0.224. The van der Waals surface area contributed by atoms with Gasteiger partial charge in [-0.05, 0) is 87.1 Å². The lowest BCUT2D eigenvalue weighted by atomic mass is 10.1. The molecule has 1 saturated heterocycles. The average molecular weight is 461 g/mol. The van der Waals surface area contributed by atoms with Crippen molar-refractivity contribution in [3.63, 3.8) is 0 Å². The third kappa shape index (κ3) is 5.79. The van der Waals surface area contributed by atoms with Crippen LogP contribution in [0.4, 0.5) is 21.6 Å². The number of rotatable bonds is 8. The molecule has 0 spiro atoms. The van der Waals surface area contributed by atoms with E-state index in [0.29, 0.717) is 16.5 Å². The van der Waals surface area contributed by atoms with Gasteiger partial charge in [0.2, 0.25) is 0 Å². The molecule has 4 rings (SSSR count). The van der Waals surface area contributed by atoms with Crippen molar-refractivity contribution in [1.82, 2.24) is 9.88 Å². The summed E-state index contributed by atoms with van der Waals surface area (Å²) in [7, 11) is 0. The SMILES string of the molecule is Fc1ccc(Nc2nccc3cc(Cl)c(NCCCCN4CCCCC4)cc23)cc1Cl. The van der Waals surface area contributed by atoms with Crippen molar-refractivity contribution < 1.29 is 4.39 Å². The molecule has 31 heavy (non-hydrogen) atoms. The Morgan fingerprint density at radius 1 is 0.968 bits per heavy atom. The summed E-state index contributed by atoms with van der Waals surface area (Å²) in [4.78, 5) is 7.03. The molecule has 0 unspecified atom stereocenters. The van der Waals surface area contributed by atoms with Gasteiger partial charge in [-0.15, -0.1) is 0 Å². The number of likely N-dealkylation sites (tertiary alicyclic amines) is 1. The van der Waals surface area contributed by atoms with E-state index >= 15 is 0 Å². The van der Waals surface area contributed by atoms with E-state index < -0.39 is 5.82 Å².